The van der Waals surface area contributed by atoms with Gasteiger partial charge < -0.3 is 0 Å². The van der Waals surface area contributed by atoms with E-state index in [1.54, 1.807) is 0 Å². The second-order valence-corrected chi connectivity index (χ2v) is 4.80. The third-order valence-corrected chi connectivity index (χ3v) is 3.64. The fraction of sp³-hybridized carbons (Fsp3) is 0.545. The van der Waals surface area contributed by atoms with Gasteiger partial charge in [0, 0.05) is 17.2 Å². The molecule has 0 bridgehead atoms. The van der Waals surface area contributed by atoms with Crippen LogP contribution in [0.15, 0.2) is 18.3 Å². The van der Waals surface area contributed by atoms with Gasteiger partial charge in [0.25, 0.3) is 0 Å². The average molecular weight is 242 g/mol. The Bertz CT molecular complexity index is 281. The first-order chi connectivity index (χ1) is 6.05. The highest BCUT2D eigenvalue weighted by atomic mass is 79.9. The van der Waals surface area contributed by atoms with Crippen LogP contribution in [-0.4, -0.2) is 10.3 Å². The molecule has 1 nitrogen and oxygen atoms in total. The molecule has 1 rings (SSSR count). The molecule has 0 fully saturated rings. The van der Waals surface area contributed by atoms with Crippen molar-refractivity contribution in [2.24, 2.45) is 5.41 Å². The van der Waals surface area contributed by atoms with Gasteiger partial charge in [-0.25, -0.2) is 0 Å². The number of hydrogen-bond acceptors (Lipinski definition) is 1. The second kappa shape index (κ2) is 4.23. The van der Waals surface area contributed by atoms with Crippen molar-refractivity contribution in [3.63, 3.8) is 0 Å². The molecule has 0 aromatic carbocycles. The summed E-state index contributed by atoms with van der Waals surface area (Å²) in [5.74, 6) is 0. The van der Waals surface area contributed by atoms with Crippen LogP contribution in [0.4, 0.5) is 0 Å². The van der Waals surface area contributed by atoms with Gasteiger partial charge >= 0.3 is 0 Å². The lowest BCUT2D eigenvalue weighted by Gasteiger charge is -2.21. The average Bonchev–Trinajstić information content (AvgIpc) is 2.09. The van der Waals surface area contributed by atoms with Crippen molar-refractivity contribution in [2.75, 3.05) is 5.33 Å². The number of halogens is 1. The molecule has 0 unspecified atom stereocenters. The van der Waals surface area contributed by atoms with E-state index >= 15 is 0 Å². The molecule has 0 aliphatic carbocycles. The van der Waals surface area contributed by atoms with Crippen LogP contribution in [0.25, 0.3) is 0 Å². The minimum atomic E-state index is 0.291. The van der Waals surface area contributed by atoms with Crippen LogP contribution in [-0.2, 0) is 6.42 Å². The molecule has 1 heterocycles. The third-order valence-electron chi connectivity index (χ3n) is 2.13. The summed E-state index contributed by atoms with van der Waals surface area (Å²) in [6, 6.07) is 4.10. The van der Waals surface area contributed by atoms with E-state index in [0.717, 1.165) is 11.8 Å². The summed E-state index contributed by atoms with van der Waals surface area (Å²) in [5.41, 5.74) is 2.79. The Morgan fingerprint density at radius 3 is 2.69 bits per heavy atom. The zero-order valence-corrected chi connectivity index (χ0v) is 10.1. The monoisotopic (exact) mass is 241 g/mol. The minimum Gasteiger partial charge on any atom is -0.261 e. The van der Waals surface area contributed by atoms with Crippen LogP contribution in [0.1, 0.15) is 25.1 Å². The zero-order chi connectivity index (χ0) is 9.90. The first-order valence-corrected chi connectivity index (χ1v) is 5.64. The second-order valence-electron chi connectivity index (χ2n) is 4.24. The van der Waals surface area contributed by atoms with E-state index in [1.165, 1.54) is 11.3 Å². The maximum Gasteiger partial charge on any atom is 0.0438 e. The van der Waals surface area contributed by atoms with E-state index in [2.05, 4.69) is 47.8 Å². The lowest BCUT2D eigenvalue weighted by molar-refractivity contribution is 0.418. The third kappa shape index (κ3) is 3.11. The van der Waals surface area contributed by atoms with Crippen LogP contribution in [0.2, 0.25) is 0 Å². The summed E-state index contributed by atoms with van der Waals surface area (Å²) >= 11 is 3.53. The zero-order valence-electron chi connectivity index (χ0n) is 8.47. The van der Waals surface area contributed by atoms with E-state index < -0.39 is 0 Å². The number of aromatic nitrogens is 1. The Morgan fingerprint density at radius 1 is 1.46 bits per heavy atom. The van der Waals surface area contributed by atoms with E-state index in [9.17, 15) is 0 Å². The highest BCUT2D eigenvalue weighted by Crippen LogP contribution is 2.24. The summed E-state index contributed by atoms with van der Waals surface area (Å²) in [6.07, 6.45) is 2.90. The number of nitrogens with zero attached hydrogens (tertiary/aromatic N) is 1. The first-order valence-electron chi connectivity index (χ1n) is 4.52. The van der Waals surface area contributed by atoms with Gasteiger partial charge in [0.2, 0.25) is 0 Å². The lowest BCUT2D eigenvalue weighted by atomic mass is 9.89. The number of hydrogen-bond donors (Lipinski definition) is 0. The van der Waals surface area contributed by atoms with Gasteiger partial charge in [0.1, 0.15) is 0 Å². The summed E-state index contributed by atoms with van der Waals surface area (Å²) in [6.45, 7) is 6.61. The number of pyridine rings is 1. The Hall–Kier alpha value is -0.370. The molecule has 72 valence electrons. The molecule has 1 aromatic rings. The molecule has 0 N–H and O–H groups in total. The van der Waals surface area contributed by atoms with Gasteiger partial charge in [0.05, 0.1) is 0 Å². The predicted octanol–water partition coefficient (Wildman–Crippen LogP) is 3.35. The van der Waals surface area contributed by atoms with E-state index in [4.69, 9.17) is 0 Å². The van der Waals surface area contributed by atoms with E-state index in [1.807, 2.05) is 12.3 Å². The molecule has 0 aliphatic heterocycles. The van der Waals surface area contributed by atoms with Crippen LogP contribution < -0.4 is 0 Å². The quantitative estimate of drug-likeness (QED) is 0.740. The van der Waals surface area contributed by atoms with Gasteiger partial charge in [0.15, 0.2) is 0 Å². The molecule has 13 heavy (non-hydrogen) atoms. The van der Waals surface area contributed by atoms with E-state index in [0.29, 0.717) is 5.41 Å². The molecule has 0 spiro atoms. The summed E-state index contributed by atoms with van der Waals surface area (Å²) in [4.78, 5) is 4.39. The van der Waals surface area contributed by atoms with Crippen molar-refractivity contribution in [3.8, 4) is 0 Å². The number of alkyl halides is 1. The molecule has 2 heteroatoms. The standard InChI is InChI=1S/C11H16BrN/c1-9-5-4-6-13-10(9)7-11(2,3)8-12/h4-6H,7-8H2,1-3H3. The summed E-state index contributed by atoms with van der Waals surface area (Å²) in [5, 5.41) is 1.01. The van der Waals surface area contributed by atoms with Crippen molar-refractivity contribution in [3.05, 3.63) is 29.6 Å². The molecule has 0 atom stereocenters. The maximum absolute atomic E-state index is 4.39. The SMILES string of the molecule is Cc1cccnc1CC(C)(C)CBr. The summed E-state index contributed by atoms with van der Waals surface area (Å²) in [7, 11) is 0. The van der Waals surface area contributed by atoms with Gasteiger partial charge in [-0.15, -0.1) is 0 Å². The van der Waals surface area contributed by atoms with Crippen molar-refractivity contribution in [1.29, 1.82) is 0 Å². The topological polar surface area (TPSA) is 12.9 Å². The smallest absolute Gasteiger partial charge is 0.0438 e. The molecular weight excluding hydrogens is 226 g/mol. The van der Waals surface area contributed by atoms with Crippen LogP contribution in [0, 0.1) is 12.3 Å². The molecule has 0 amide bonds. The lowest BCUT2D eigenvalue weighted by Crippen LogP contribution is -2.17. The predicted molar refractivity (Wildman–Crippen MR) is 60.3 cm³/mol. The highest BCUT2D eigenvalue weighted by Gasteiger charge is 2.18. The fourth-order valence-electron chi connectivity index (χ4n) is 1.20. The van der Waals surface area contributed by atoms with Gasteiger partial charge in [-0.3, -0.25) is 4.98 Å². The van der Waals surface area contributed by atoms with Crippen molar-refractivity contribution >= 4 is 15.9 Å². The van der Waals surface area contributed by atoms with Gasteiger partial charge in [-0.1, -0.05) is 35.8 Å². The number of rotatable bonds is 3. The molecule has 0 aliphatic rings. The van der Waals surface area contributed by atoms with Crippen LogP contribution in [0.3, 0.4) is 0 Å². The largest absolute Gasteiger partial charge is 0.261 e. The minimum absolute atomic E-state index is 0.291. The Morgan fingerprint density at radius 2 is 2.15 bits per heavy atom. The van der Waals surface area contributed by atoms with Crippen molar-refractivity contribution < 1.29 is 0 Å². The molecule has 0 saturated heterocycles. The van der Waals surface area contributed by atoms with Crippen molar-refractivity contribution in [2.45, 2.75) is 27.2 Å². The Labute approximate surface area is 88.7 Å². The highest BCUT2D eigenvalue weighted by molar-refractivity contribution is 9.09. The van der Waals surface area contributed by atoms with Crippen LogP contribution >= 0.6 is 15.9 Å². The maximum atomic E-state index is 4.39. The fourth-order valence-corrected chi connectivity index (χ4v) is 1.40. The Kier molecular flexibility index (Phi) is 3.48. The van der Waals surface area contributed by atoms with Crippen molar-refractivity contribution in [1.82, 2.24) is 4.98 Å². The van der Waals surface area contributed by atoms with E-state index in [-0.39, 0.29) is 0 Å². The van der Waals surface area contributed by atoms with Crippen LogP contribution in [0.5, 0.6) is 0 Å². The Balaban J connectivity index is 2.80. The first kappa shape index (κ1) is 10.7. The van der Waals surface area contributed by atoms with Gasteiger partial charge in [-0.2, -0.15) is 0 Å². The molecule has 0 saturated carbocycles. The molecule has 1 aromatic heterocycles. The molecular formula is C11H16BrN. The van der Waals surface area contributed by atoms with Gasteiger partial charge in [-0.05, 0) is 30.4 Å². The molecule has 0 radical (unpaired) electrons. The number of aryl methyl sites for hydroxylation is 1. The summed E-state index contributed by atoms with van der Waals surface area (Å²) < 4.78 is 0. The normalized spacial score (nSPS) is 11.7.